The molecule has 4 N–H and O–H groups in total. The third-order valence-corrected chi connectivity index (χ3v) is 7.78. The minimum Gasteiger partial charge on any atom is -0.356 e. The van der Waals surface area contributed by atoms with Crippen molar-refractivity contribution in [2.45, 2.75) is 46.0 Å². The van der Waals surface area contributed by atoms with Crippen LogP contribution < -0.4 is 10.6 Å². The van der Waals surface area contributed by atoms with Crippen LogP contribution in [0, 0.1) is 25.1 Å². The molecule has 0 spiro atoms. The lowest BCUT2D eigenvalue weighted by molar-refractivity contribution is -0.127. The molecule has 1 aliphatic carbocycles. The van der Waals surface area contributed by atoms with Crippen LogP contribution in [0.5, 0.6) is 0 Å². The van der Waals surface area contributed by atoms with Crippen molar-refractivity contribution >= 4 is 40.4 Å². The Bertz CT molecular complexity index is 1550. The van der Waals surface area contributed by atoms with Gasteiger partial charge in [0.05, 0.1) is 5.52 Å². The lowest BCUT2D eigenvalue weighted by atomic mass is 9.89. The number of likely N-dealkylation sites (tertiary alicyclic amines) is 1. The van der Waals surface area contributed by atoms with Gasteiger partial charge >= 0.3 is 0 Å². The van der Waals surface area contributed by atoms with E-state index in [1.165, 1.54) is 6.07 Å². The number of carbonyl (C=O) groups is 3. The number of fused-ring (bicyclic) bond motifs is 2. The van der Waals surface area contributed by atoms with Gasteiger partial charge in [0, 0.05) is 72.5 Å². The number of hydrogen-bond donors (Lipinski definition) is 4. The molecule has 2 aromatic carbocycles. The average molecular weight is 544 g/mol. The fraction of sp³-hybridized carbons (Fsp3) is 0.355. The first kappa shape index (κ1) is 27.3. The van der Waals surface area contributed by atoms with Gasteiger partial charge in [0.25, 0.3) is 5.91 Å². The van der Waals surface area contributed by atoms with Crippen LogP contribution in [0.25, 0.3) is 17.0 Å². The van der Waals surface area contributed by atoms with Gasteiger partial charge in [-0.15, -0.1) is 0 Å². The zero-order chi connectivity index (χ0) is 28.4. The molecule has 0 saturated carbocycles. The summed E-state index contributed by atoms with van der Waals surface area (Å²) in [5.41, 5.74) is 5.92. The standard InChI is InChI=1S/C31H34FN5O3/c1-18-6-9-25(32)29-28(18)23(19(2)36-29)10-12-35-31(40)22-16-21-15-20(7-8-24(21)26(33)17-22)30(39)34-11-4-14-37-13-3-5-27(37)38/h6-9,15-16,33,36H,3-5,10-14,17H2,1-2H3,(H,34,39)(H,35,40). The van der Waals surface area contributed by atoms with Gasteiger partial charge in [0.15, 0.2) is 0 Å². The molecular formula is C31H34FN5O3. The Balaban J connectivity index is 1.20. The summed E-state index contributed by atoms with van der Waals surface area (Å²) in [6.45, 7) is 6.09. The van der Waals surface area contributed by atoms with E-state index in [-0.39, 0.29) is 30.0 Å². The molecule has 5 rings (SSSR count). The first-order valence-corrected chi connectivity index (χ1v) is 13.8. The topological polar surface area (TPSA) is 118 Å². The smallest absolute Gasteiger partial charge is 0.251 e. The Kier molecular flexibility index (Phi) is 7.82. The fourth-order valence-electron chi connectivity index (χ4n) is 5.65. The lowest BCUT2D eigenvalue weighted by Crippen LogP contribution is -2.31. The molecule has 3 amide bonds. The number of aromatic amines is 1. The van der Waals surface area contributed by atoms with Crippen LogP contribution >= 0.6 is 0 Å². The molecule has 0 radical (unpaired) electrons. The third kappa shape index (κ3) is 5.54. The SMILES string of the molecule is Cc1[nH]c2c(F)ccc(C)c2c1CCNC(=O)C1=Cc2cc(C(=O)NCCCN3CCCC3=O)ccc2C(=N)C1. The molecule has 0 bridgehead atoms. The van der Waals surface area contributed by atoms with Crippen LogP contribution in [0.1, 0.15) is 64.0 Å². The highest BCUT2D eigenvalue weighted by Gasteiger charge is 2.22. The molecule has 9 heteroatoms. The maximum Gasteiger partial charge on any atom is 0.251 e. The van der Waals surface area contributed by atoms with Crippen LogP contribution in [0.2, 0.25) is 0 Å². The molecule has 8 nitrogen and oxygen atoms in total. The summed E-state index contributed by atoms with van der Waals surface area (Å²) in [5, 5.41) is 15.2. The predicted octanol–water partition coefficient (Wildman–Crippen LogP) is 4.18. The Hall–Kier alpha value is -4.27. The number of nitrogens with zero attached hydrogens (tertiary/aromatic N) is 1. The van der Waals surface area contributed by atoms with Crippen molar-refractivity contribution in [2.75, 3.05) is 26.2 Å². The number of halogens is 1. The zero-order valence-corrected chi connectivity index (χ0v) is 22.9. The summed E-state index contributed by atoms with van der Waals surface area (Å²) in [7, 11) is 0. The van der Waals surface area contributed by atoms with Crippen LogP contribution in [0.4, 0.5) is 4.39 Å². The molecule has 1 aliphatic heterocycles. The van der Waals surface area contributed by atoms with Crippen LogP contribution in [-0.4, -0.2) is 59.5 Å². The summed E-state index contributed by atoms with van der Waals surface area (Å²) < 4.78 is 14.3. The summed E-state index contributed by atoms with van der Waals surface area (Å²) in [4.78, 5) is 42.4. The Morgan fingerprint density at radius 2 is 1.90 bits per heavy atom. The quantitative estimate of drug-likeness (QED) is 0.303. The Morgan fingerprint density at radius 3 is 2.67 bits per heavy atom. The highest BCUT2D eigenvalue weighted by Crippen LogP contribution is 2.28. The minimum absolute atomic E-state index is 0.175. The van der Waals surface area contributed by atoms with Gasteiger partial charge in [-0.3, -0.25) is 14.4 Å². The van der Waals surface area contributed by atoms with E-state index in [1.54, 1.807) is 30.3 Å². The van der Waals surface area contributed by atoms with Crippen molar-refractivity contribution in [3.05, 3.63) is 75.2 Å². The van der Waals surface area contributed by atoms with E-state index in [9.17, 15) is 18.8 Å². The molecular weight excluding hydrogens is 509 g/mol. The largest absolute Gasteiger partial charge is 0.356 e. The molecule has 2 aliphatic rings. The number of aromatic nitrogens is 1. The van der Waals surface area contributed by atoms with Crippen LogP contribution in [-0.2, 0) is 16.0 Å². The maximum absolute atomic E-state index is 14.3. The Morgan fingerprint density at radius 1 is 1.10 bits per heavy atom. The Labute approximate surface area is 232 Å². The first-order valence-electron chi connectivity index (χ1n) is 13.8. The van der Waals surface area contributed by atoms with Gasteiger partial charge in [0.2, 0.25) is 11.8 Å². The van der Waals surface area contributed by atoms with E-state index in [1.807, 2.05) is 18.7 Å². The summed E-state index contributed by atoms with van der Waals surface area (Å²) in [6.07, 6.45) is 4.68. The molecule has 40 heavy (non-hydrogen) atoms. The molecule has 208 valence electrons. The van der Waals surface area contributed by atoms with Gasteiger partial charge in [-0.2, -0.15) is 0 Å². The molecule has 1 saturated heterocycles. The first-order chi connectivity index (χ1) is 19.2. The minimum atomic E-state index is -0.296. The second-order valence-corrected chi connectivity index (χ2v) is 10.6. The molecule has 0 unspecified atom stereocenters. The van der Waals surface area contributed by atoms with Crippen molar-refractivity contribution in [1.29, 1.82) is 5.41 Å². The molecule has 1 aromatic heterocycles. The van der Waals surface area contributed by atoms with Gasteiger partial charge in [0.1, 0.15) is 5.82 Å². The lowest BCUT2D eigenvalue weighted by Gasteiger charge is -2.18. The summed E-state index contributed by atoms with van der Waals surface area (Å²) in [5.74, 6) is -0.612. The van der Waals surface area contributed by atoms with Crippen molar-refractivity contribution in [2.24, 2.45) is 0 Å². The summed E-state index contributed by atoms with van der Waals surface area (Å²) in [6, 6.07) is 8.37. The van der Waals surface area contributed by atoms with Gasteiger partial charge in [-0.05, 0) is 74.1 Å². The second-order valence-electron chi connectivity index (χ2n) is 10.6. The van der Waals surface area contributed by atoms with Crippen molar-refractivity contribution in [3.63, 3.8) is 0 Å². The maximum atomic E-state index is 14.3. The average Bonchev–Trinajstić information content (AvgIpc) is 3.50. The van der Waals surface area contributed by atoms with E-state index in [4.69, 9.17) is 5.41 Å². The highest BCUT2D eigenvalue weighted by atomic mass is 19.1. The normalized spacial score (nSPS) is 14.9. The van der Waals surface area contributed by atoms with Gasteiger partial charge in [-0.25, -0.2) is 4.39 Å². The monoisotopic (exact) mass is 543 g/mol. The number of aryl methyl sites for hydroxylation is 2. The molecule has 2 heterocycles. The number of hydrogen-bond acceptors (Lipinski definition) is 4. The summed E-state index contributed by atoms with van der Waals surface area (Å²) >= 11 is 0. The van der Waals surface area contributed by atoms with Crippen LogP contribution in [0.15, 0.2) is 35.9 Å². The van der Waals surface area contributed by atoms with Crippen molar-refractivity contribution in [3.8, 4) is 0 Å². The van der Waals surface area contributed by atoms with Crippen molar-refractivity contribution in [1.82, 2.24) is 20.5 Å². The molecule has 3 aromatic rings. The number of H-pyrrole nitrogens is 1. The molecule has 1 fully saturated rings. The number of carbonyl (C=O) groups excluding carboxylic acids is 3. The fourth-order valence-corrected chi connectivity index (χ4v) is 5.65. The van der Waals surface area contributed by atoms with E-state index in [0.717, 1.165) is 35.2 Å². The second kappa shape index (κ2) is 11.5. The van der Waals surface area contributed by atoms with Crippen molar-refractivity contribution < 1.29 is 18.8 Å². The number of rotatable bonds is 9. The van der Waals surface area contributed by atoms with Gasteiger partial charge in [-0.1, -0.05) is 12.1 Å². The van der Waals surface area contributed by atoms with E-state index in [2.05, 4.69) is 15.6 Å². The molecule has 0 atom stereocenters. The number of benzene rings is 2. The highest BCUT2D eigenvalue weighted by molar-refractivity contribution is 6.13. The third-order valence-electron chi connectivity index (χ3n) is 7.78. The van der Waals surface area contributed by atoms with E-state index >= 15 is 0 Å². The van der Waals surface area contributed by atoms with E-state index in [0.29, 0.717) is 72.4 Å². The van der Waals surface area contributed by atoms with Crippen LogP contribution in [0.3, 0.4) is 0 Å². The van der Waals surface area contributed by atoms with E-state index < -0.39 is 0 Å². The number of amides is 3. The van der Waals surface area contributed by atoms with Gasteiger partial charge < -0.3 is 25.9 Å². The number of nitrogens with one attached hydrogen (secondary N) is 4. The zero-order valence-electron chi connectivity index (χ0n) is 22.9. The predicted molar refractivity (Wildman–Crippen MR) is 153 cm³/mol.